The summed E-state index contributed by atoms with van der Waals surface area (Å²) < 4.78 is 5.48. The molecule has 4 nitrogen and oxygen atoms in total. The predicted octanol–water partition coefficient (Wildman–Crippen LogP) is 5.52. The highest BCUT2D eigenvalue weighted by atomic mass is 16.5. The number of amides is 1. The Hall–Kier alpha value is -1.84. The van der Waals surface area contributed by atoms with Gasteiger partial charge in [0.05, 0.1) is 5.92 Å². The number of primary amides is 1. The summed E-state index contributed by atoms with van der Waals surface area (Å²) in [6.07, 6.45) is 11.2. The fraction of sp³-hybridized carbons (Fsp3) is 0.667. The fourth-order valence-electron chi connectivity index (χ4n) is 3.95. The highest BCUT2D eigenvalue weighted by Gasteiger charge is 2.23. The van der Waals surface area contributed by atoms with Crippen molar-refractivity contribution in [3.05, 3.63) is 29.8 Å². The van der Waals surface area contributed by atoms with Crippen molar-refractivity contribution in [3.63, 3.8) is 0 Å². The van der Waals surface area contributed by atoms with Crippen molar-refractivity contribution in [2.45, 2.75) is 90.4 Å². The summed E-state index contributed by atoms with van der Waals surface area (Å²) in [4.78, 5) is 22.6. The van der Waals surface area contributed by atoms with E-state index >= 15 is 0 Å². The molecule has 0 spiro atoms. The Morgan fingerprint density at radius 3 is 1.68 bits per heavy atom. The van der Waals surface area contributed by atoms with Crippen LogP contribution in [0.1, 0.15) is 90.5 Å². The van der Waals surface area contributed by atoms with E-state index in [9.17, 15) is 9.59 Å². The molecule has 1 aromatic carbocycles. The number of esters is 1. The maximum Gasteiger partial charge on any atom is 0.314 e. The number of hydrogen-bond acceptors (Lipinski definition) is 3. The largest absolute Gasteiger partial charge is 0.426 e. The molecule has 3 rings (SSSR count). The van der Waals surface area contributed by atoms with Crippen LogP contribution in [-0.2, 0) is 15.0 Å². The Morgan fingerprint density at radius 2 is 1.29 bits per heavy atom. The van der Waals surface area contributed by atoms with Crippen molar-refractivity contribution in [2.24, 2.45) is 17.6 Å². The van der Waals surface area contributed by atoms with Gasteiger partial charge in [0.15, 0.2) is 0 Å². The van der Waals surface area contributed by atoms with Gasteiger partial charge >= 0.3 is 5.97 Å². The maximum absolute atomic E-state index is 12.0. The molecule has 2 saturated carbocycles. The van der Waals surface area contributed by atoms with E-state index in [0.717, 1.165) is 38.5 Å². The van der Waals surface area contributed by atoms with Crippen LogP contribution >= 0.6 is 0 Å². The molecule has 156 valence electrons. The van der Waals surface area contributed by atoms with E-state index in [-0.39, 0.29) is 29.1 Å². The first-order chi connectivity index (χ1) is 13.3. The number of rotatable bonds is 3. The lowest BCUT2D eigenvalue weighted by Gasteiger charge is -2.21. The predicted molar refractivity (Wildman–Crippen MR) is 113 cm³/mol. The molecule has 2 N–H and O–H groups in total. The smallest absolute Gasteiger partial charge is 0.314 e. The first kappa shape index (κ1) is 22.4. The summed E-state index contributed by atoms with van der Waals surface area (Å²) in [5, 5.41) is 0. The summed E-state index contributed by atoms with van der Waals surface area (Å²) in [6, 6.07) is 7.90. The van der Waals surface area contributed by atoms with E-state index < -0.39 is 0 Å². The zero-order chi connectivity index (χ0) is 20.6. The highest BCUT2D eigenvalue weighted by molar-refractivity contribution is 5.76. The average Bonchev–Trinajstić information content (AvgIpc) is 2.69. The van der Waals surface area contributed by atoms with E-state index in [2.05, 4.69) is 20.8 Å². The summed E-state index contributed by atoms with van der Waals surface area (Å²) in [5.41, 5.74) is 6.51. The summed E-state index contributed by atoms with van der Waals surface area (Å²) in [6.45, 7) is 6.53. The van der Waals surface area contributed by atoms with Crippen LogP contribution in [0, 0.1) is 11.8 Å². The third kappa shape index (κ3) is 7.29. The number of carbonyl (C=O) groups excluding carboxylic acids is 2. The maximum atomic E-state index is 12.0. The van der Waals surface area contributed by atoms with Gasteiger partial charge in [0.25, 0.3) is 0 Å². The van der Waals surface area contributed by atoms with E-state index in [4.69, 9.17) is 10.5 Å². The third-order valence-electron chi connectivity index (χ3n) is 5.88. The van der Waals surface area contributed by atoms with Crippen LogP contribution in [0.5, 0.6) is 5.75 Å². The van der Waals surface area contributed by atoms with Crippen LogP contribution in [0.2, 0.25) is 0 Å². The van der Waals surface area contributed by atoms with Gasteiger partial charge in [0.2, 0.25) is 5.91 Å². The molecule has 4 heteroatoms. The third-order valence-corrected chi connectivity index (χ3v) is 5.88. The standard InChI is InChI=1S/C17H24O2.C7H13NO/c1-17(2,3)14-9-11-15(12-10-14)19-16(18)13-7-5-4-6-8-13;8-7(9)6-4-2-1-3-5-6/h9-13H,4-8H2,1-3H3;6H,1-5H2,(H2,8,9). The van der Waals surface area contributed by atoms with Crippen LogP contribution in [0.3, 0.4) is 0 Å². The molecule has 0 atom stereocenters. The second-order valence-electron chi connectivity index (χ2n) is 9.27. The van der Waals surface area contributed by atoms with Crippen LogP contribution in [0.25, 0.3) is 0 Å². The molecule has 1 amide bonds. The van der Waals surface area contributed by atoms with Crippen LogP contribution in [0.15, 0.2) is 24.3 Å². The minimum absolute atomic E-state index is 0.0526. The minimum Gasteiger partial charge on any atom is -0.426 e. The molecular weight excluding hydrogens is 350 g/mol. The van der Waals surface area contributed by atoms with Crippen molar-refractivity contribution >= 4 is 11.9 Å². The Kier molecular flexibility index (Phi) is 8.53. The molecule has 0 unspecified atom stereocenters. The van der Waals surface area contributed by atoms with E-state index in [1.165, 1.54) is 31.2 Å². The summed E-state index contributed by atoms with van der Waals surface area (Å²) in [7, 11) is 0. The monoisotopic (exact) mass is 387 g/mol. The van der Waals surface area contributed by atoms with Gasteiger partial charge < -0.3 is 10.5 Å². The van der Waals surface area contributed by atoms with Crippen molar-refractivity contribution in [3.8, 4) is 5.75 Å². The van der Waals surface area contributed by atoms with Gasteiger partial charge in [-0.15, -0.1) is 0 Å². The van der Waals surface area contributed by atoms with E-state index in [1.807, 2.05) is 24.3 Å². The van der Waals surface area contributed by atoms with Crippen molar-refractivity contribution in [1.29, 1.82) is 0 Å². The quantitative estimate of drug-likeness (QED) is 0.548. The highest BCUT2D eigenvalue weighted by Crippen LogP contribution is 2.27. The Bertz CT molecular complexity index is 618. The van der Waals surface area contributed by atoms with E-state index in [1.54, 1.807) is 0 Å². The molecule has 0 bridgehead atoms. The van der Waals surface area contributed by atoms with Crippen LogP contribution in [-0.4, -0.2) is 11.9 Å². The molecule has 2 fully saturated rings. The average molecular weight is 388 g/mol. The lowest BCUT2D eigenvalue weighted by atomic mass is 9.87. The molecule has 0 aromatic heterocycles. The van der Waals surface area contributed by atoms with Gasteiger partial charge in [-0.2, -0.15) is 0 Å². The summed E-state index contributed by atoms with van der Waals surface area (Å²) >= 11 is 0. The van der Waals surface area contributed by atoms with Gasteiger partial charge in [-0.05, 0) is 48.8 Å². The molecule has 2 aliphatic rings. The van der Waals surface area contributed by atoms with Gasteiger partial charge in [0, 0.05) is 5.92 Å². The normalized spacial score (nSPS) is 18.7. The Morgan fingerprint density at radius 1 is 0.821 bits per heavy atom. The van der Waals surface area contributed by atoms with Gasteiger partial charge in [-0.25, -0.2) is 0 Å². The van der Waals surface area contributed by atoms with E-state index in [0.29, 0.717) is 5.75 Å². The summed E-state index contributed by atoms with van der Waals surface area (Å²) in [5.74, 6) is 0.816. The molecule has 0 aliphatic heterocycles. The van der Waals surface area contributed by atoms with Crippen molar-refractivity contribution in [2.75, 3.05) is 0 Å². The molecule has 0 heterocycles. The second-order valence-corrected chi connectivity index (χ2v) is 9.27. The lowest BCUT2D eigenvalue weighted by molar-refractivity contribution is -0.140. The number of carbonyl (C=O) groups is 2. The van der Waals surface area contributed by atoms with Gasteiger partial charge in [-0.3, -0.25) is 9.59 Å². The number of ether oxygens (including phenoxy) is 1. The van der Waals surface area contributed by atoms with Crippen LogP contribution < -0.4 is 10.5 Å². The van der Waals surface area contributed by atoms with Gasteiger partial charge in [0.1, 0.15) is 5.75 Å². The topological polar surface area (TPSA) is 69.4 Å². The number of nitrogens with two attached hydrogens (primary N) is 1. The molecule has 0 saturated heterocycles. The molecule has 1 aromatic rings. The molecule has 2 aliphatic carbocycles. The van der Waals surface area contributed by atoms with Gasteiger partial charge in [-0.1, -0.05) is 71.4 Å². The number of benzene rings is 1. The fourth-order valence-corrected chi connectivity index (χ4v) is 3.95. The molecular formula is C24H37NO3. The second kappa shape index (κ2) is 10.6. The van der Waals surface area contributed by atoms with Crippen molar-refractivity contribution < 1.29 is 14.3 Å². The van der Waals surface area contributed by atoms with Crippen LogP contribution in [0.4, 0.5) is 0 Å². The zero-order valence-corrected chi connectivity index (χ0v) is 17.8. The first-order valence-corrected chi connectivity index (χ1v) is 10.9. The first-order valence-electron chi connectivity index (χ1n) is 10.9. The minimum atomic E-state index is -0.102. The number of hydrogen-bond donors (Lipinski definition) is 1. The van der Waals surface area contributed by atoms with Crippen molar-refractivity contribution in [1.82, 2.24) is 0 Å². The molecule has 28 heavy (non-hydrogen) atoms. The molecule has 0 radical (unpaired) electrons. The lowest BCUT2D eigenvalue weighted by Crippen LogP contribution is -2.24. The SMILES string of the molecule is CC(C)(C)c1ccc(OC(=O)C2CCCCC2)cc1.NC(=O)C1CCCCC1. The zero-order valence-electron chi connectivity index (χ0n) is 17.8. The Labute approximate surface area is 170 Å². The Balaban J connectivity index is 0.000000261.